The number of pyridine rings is 1. The largest absolute Gasteiger partial charge is 0.391 e. The second kappa shape index (κ2) is 5.82. The number of nitrogens with zero attached hydrogens (tertiary/aromatic N) is 2. The molecule has 2 atom stereocenters. The molecule has 0 aliphatic heterocycles. The zero-order valence-corrected chi connectivity index (χ0v) is 12.2. The van der Waals surface area contributed by atoms with Crippen LogP contribution < -0.4 is 0 Å². The van der Waals surface area contributed by atoms with Crippen molar-refractivity contribution in [2.45, 2.75) is 37.8 Å². The zero-order valence-electron chi connectivity index (χ0n) is 12.2. The molecule has 2 unspecified atom stereocenters. The smallest absolute Gasteiger partial charge is 0.273 e. The number of aliphatic hydroxyl groups excluding tert-OH is 1. The Kier molecular flexibility index (Phi) is 3.88. The summed E-state index contributed by atoms with van der Waals surface area (Å²) in [6.07, 6.45) is 4.96. The highest BCUT2D eigenvalue weighted by Gasteiger charge is 2.30. The molecule has 1 fully saturated rings. The third-order valence-corrected chi connectivity index (χ3v) is 4.39. The van der Waals surface area contributed by atoms with Crippen LogP contribution in [0.1, 0.15) is 36.2 Å². The molecular formula is C17H20N2O2. The van der Waals surface area contributed by atoms with Gasteiger partial charge in [0.1, 0.15) is 5.69 Å². The van der Waals surface area contributed by atoms with E-state index >= 15 is 0 Å². The van der Waals surface area contributed by atoms with Crippen molar-refractivity contribution in [2.75, 3.05) is 7.05 Å². The predicted molar refractivity (Wildman–Crippen MR) is 82.1 cm³/mol. The van der Waals surface area contributed by atoms with Gasteiger partial charge >= 0.3 is 0 Å². The lowest BCUT2D eigenvalue weighted by Crippen LogP contribution is -2.46. The molecule has 1 amide bonds. The molecule has 21 heavy (non-hydrogen) atoms. The van der Waals surface area contributed by atoms with Crippen LogP contribution in [0.3, 0.4) is 0 Å². The Hall–Kier alpha value is -1.94. The highest BCUT2D eigenvalue weighted by molar-refractivity contribution is 6.05. The molecule has 1 heterocycles. The van der Waals surface area contributed by atoms with Crippen molar-refractivity contribution in [3.05, 3.63) is 42.2 Å². The minimum atomic E-state index is -0.428. The number of hydrogen-bond acceptors (Lipinski definition) is 3. The first-order chi connectivity index (χ1) is 10.2. The molecule has 0 radical (unpaired) electrons. The van der Waals surface area contributed by atoms with Gasteiger partial charge < -0.3 is 10.0 Å². The molecular weight excluding hydrogens is 264 g/mol. The molecule has 4 nitrogen and oxygen atoms in total. The summed E-state index contributed by atoms with van der Waals surface area (Å²) in [5, 5.41) is 12.0. The van der Waals surface area contributed by atoms with Gasteiger partial charge in [-0.1, -0.05) is 37.1 Å². The summed E-state index contributed by atoms with van der Waals surface area (Å²) >= 11 is 0. The number of rotatable bonds is 2. The zero-order chi connectivity index (χ0) is 14.8. The molecule has 4 heteroatoms. The highest BCUT2D eigenvalue weighted by Crippen LogP contribution is 2.25. The van der Waals surface area contributed by atoms with Gasteiger partial charge in [-0.05, 0) is 24.3 Å². The second-order valence-corrected chi connectivity index (χ2v) is 5.72. The number of amides is 1. The van der Waals surface area contributed by atoms with E-state index in [0.717, 1.165) is 36.5 Å². The van der Waals surface area contributed by atoms with E-state index in [1.165, 1.54) is 0 Å². The summed E-state index contributed by atoms with van der Waals surface area (Å²) in [7, 11) is 1.77. The quantitative estimate of drug-likeness (QED) is 0.922. The van der Waals surface area contributed by atoms with Crippen LogP contribution in [-0.2, 0) is 0 Å². The van der Waals surface area contributed by atoms with Gasteiger partial charge in [0.15, 0.2) is 0 Å². The SMILES string of the molecule is CN(C(=O)c1nccc2ccccc12)C1CCCCC1O. The summed E-state index contributed by atoms with van der Waals surface area (Å²) in [6.45, 7) is 0. The molecule has 110 valence electrons. The minimum Gasteiger partial charge on any atom is -0.391 e. The first-order valence-corrected chi connectivity index (χ1v) is 7.47. The van der Waals surface area contributed by atoms with E-state index in [1.807, 2.05) is 30.3 Å². The Morgan fingerprint density at radius 2 is 2.00 bits per heavy atom. The minimum absolute atomic E-state index is 0.105. The third kappa shape index (κ3) is 2.63. The van der Waals surface area contributed by atoms with E-state index in [-0.39, 0.29) is 11.9 Å². The van der Waals surface area contributed by atoms with Gasteiger partial charge in [-0.15, -0.1) is 0 Å². The van der Waals surface area contributed by atoms with Crippen LogP contribution in [0.2, 0.25) is 0 Å². The van der Waals surface area contributed by atoms with Gasteiger partial charge in [0.05, 0.1) is 12.1 Å². The normalized spacial score (nSPS) is 22.2. The molecule has 0 bridgehead atoms. The average molecular weight is 284 g/mol. The number of fused-ring (bicyclic) bond motifs is 1. The van der Waals surface area contributed by atoms with Crippen molar-refractivity contribution < 1.29 is 9.90 Å². The number of carbonyl (C=O) groups excluding carboxylic acids is 1. The van der Waals surface area contributed by atoms with Crippen LogP contribution in [0.4, 0.5) is 0 Å². The molecule has 1 N–H and O–H groups in total. The summed E-state index contributed by atoms with van der Waals surface area (Å²) in [5.41, 5.74) is 0.466. The number of aromatic nitrogens is 1. The molecule has 0 spiro atoms. The topological polar surface area (TPSA) is 53.4 Å². The van der Waals surface area contributed by atoms with Crippen LogP contribution >= 0.6 is 0 Å². The molecule has 1 aliphatic carbocycles. The van der Waals surface area contributed by atoms with Crippen molar-refractivity contribution >= 4 is 16.7 Å². The fraction of sp³-hybridized carbons (Fsp3) is 0.412. The summed E-state index contributed by atoms with van der Waals surface area (Å²) in [6, 6.07) is 9.56. The Morgan fingerprint density at radius 3 is 2.81 bits per heavy atom. The van der Waals surface area contributed by atoms with Gasteiger partial charge in [0, 0.05) is 18.6 Å². The Bertz CT molecular complexity index is 651. The summed E-state index contributed by atoms with van der Waals surface area (Å²) < 4.78 is 0. The maximum Gasteiger partial charge on any atom is 0.273 e. The van der Waals surface area contributed by atoms with Crippen molar-refractivity contribution in [1.82, 2.24) is 9.88 Å². The van der Waals surface area contributed by atoms with Crippen molar-refractivity contribution in [1.29, 1.82) is 0 Å². The van der Waals surface area contributed by atoms with Gasteiger partial charge in [-0.25, -0.2) is 0 Å². The fourth-order valence-electron chi connectivity index (χ4n) is 3.15. The van der Waals surface area contributed by atoms with E-state index in [4.69, 9.17) is 0 Å². The lowest BCUT2D eigenvalue weighted by Gasteiger charge is -2.35. The van der Waals surface area contributed by atoms with E-state index in [0.29, 0.717) is 5.69 Å². The maximum atomic E-state index is 12.8. The van der Waals surface area contributed by atoms with Crippen molar-refractivity contribution in [2.24, 2.45) is 0 Å². The van der Waals surface area contributed by atoms with Gasteiger partial charge in [-0.3, -0.25) is 9.78 Å². The van der Waals surface area contributed by atoms with E-state index in [1.54, 1.807) is 18.1 Å². The van der Waals surface area contributed by atoms with Gasteiger partial charge in [0.25, 0.3) is 5.91 Å². The number of hydrogen-bond donors (Lipinski definition) is 1. The van der Waals surface area contributed by atoms with E-state index in [9.17, 15) is 9.90 Å². The van der Waals surface area contributed by atoms with Gasteiger partial charge in [0.2, 0.25) is 0 Å². The molecule has 1 saturated carbocycles. The van der Waals surface area contributed by atoms with Crippen LogP contribution in [0.15, 0.2) is 36.5 Å². The average Bonchev–Trinajstić information content (AvgIpc) is 2.53. The summed E-state index contributed by atoms with van der Waals surface area (Å²) in [5.74, 6) is -0.113. The first kappa shape index (κ1) is 14.0. The Morgan fingerprint density at radius 1 is 1.24 bits per heavy atom. The molecule has 1 aromatic carbocycles. The third-order valence-electron chi connectivity index (χ3n) is 4.39. The van der Waals surface area contributed by atoms with Crippen LogP contribution in [0.5, 0.6) is 0 Å². The maximum absolute atomic E-state index is 12.8. The first-order valence-electron chi connectivity index (χ1n) is 7.47. The van der Waals surface area contributed by atoms with E-state index < -0.39 is 6.10 Å². The highest BCUT2D eigenvalue weighted by atomic mass is 16.3. The molecule has 1 aliphatic rings. The number of benzene rings is 1. The molecule has 1 aromatic heterocycles. The Balaban J connectivity index is 1.93. The second-order valence-electron chi connectivity index (χ2n) is 5.72. The number of likely N-dealkylation sites (N-methyl/N-ethyl adjacent to an activating group) is 1. The molecule has 0 saturated heterocycles. The number of aliphatic hydroxyl groups is 1. The molecule has 2 aromatic rings. The molecule has 3 rings (SSSR count). The van der Waals surface area contributed by atoms with Crippen LogP contribution in [0, 0.1) is 0 Å². The van der Waals surface area contributed by atoms with E-state index in [2.05, 4.69) is 4.98 Å². The van der Waals surface area contributed by atoms with Gasteiger partial charge in [-0.2, -0.15) is 0 Å². The number of carbonyl (C=O) groups is 1. The standard InChI is InChI=1S/C17H20N2O2/c1-19(14-8-4-5-9-15(14)20)17(21)16-13-7-3-2-6-12(13)10-11-18-16/h2-3,6-7,10-11,14-15,20H,4-5,8-9H2,1H3. The van der Waals surface area contributed by atoms with Crippen molar-refractivity contribution in [3.63, 3.8) is 0 Å². The van der Waals surface area contributed by atoms with Crippen LogP contribution in [0.25, 0.3) is 10.8 Å². The monoisotopic (exact) mass is 284 g/mol. The summed E-state index contributed by atoms with van der Waals surface area (Å²) in [4.78, 5) is 18.7. The van der Waals surface area contributed by atoms with Crippen LogP contribution in [-0.4, -0.2) is 40.1 Å². The fourth-order valence-corrected chi connectivity index (χ4v) is 3.15. The lowest BCUT2D eigenvalue weighted by molar-refractivity contribution is 0.0266. The van der Waals surface area contributed by atoms with Crippen molar-refractivity contribution in [3.8, 4) is 0 Å². The predicted octanol–water partition coefficient (Wildman–Crippen LogP) is 2.61. The Labute approximate surface area is 124 Å². The lowest BCUT2D eigenvalue weighted by atomic mass is 9.91.